The van der Waals surface area contributed by atoms with Gasteiger partial charge in [-0.15, -0.1) is 0 Å². The highest BCUT2D eigenvalue weighted by molar-refractivity contribution is 6.05. The molecule has 0 spiro atoms. The number of unbranched alkanes of at least 4 members (excludes halogenated alkanes) is 6. The Kier molecular flexibility index (Phi) is 9.96. The van der Waals surface area contributed by atoms with Crippen LogP contribution < -0.4 is 5.32 Å². The van der Waals surface area contributed by atoms with E-state index in [4.69, 9.17) is 10.3 Å². The first kappa shape index (κ1) is 25.3. The van der Waals surface area contributed by atoms with Crippen molar-refractivity contribution in [2.75, 3.05) is 19.8 Å². The van der Waals surface area contributed by atoms with Gasteiger partial charge >= 0.3 is 0 Å². The summed E-state index contributed by atoms with van der Waals surface area (Å²) in [7, 11) is 0. The summed E-state index contributed by atoms with van der Waals surface area (Å²) in [5.74, 6) is 5.24. The normalized spacial score (nSPS) is 17.0. The molecule has 1 N–H and O–H groups in total. The zero-order valence-electron chi connectivity index (χ0n) is 19.4. The lowest BCUT2D eigenvalue weighted by Gasteiger charge is -2.29. The number of hydrogen-bond acceptors (Lipinski definition) is 5. The van der Waals surface area contributed by atoms with Crippen LogP contribution in [0.2, 0.25) is 0 Å². The summed E-state index contributed by atoms with van der Waals surface area (Å²) in [4.78, 5) is 40.8. The molecule has 1 atom stereocenters. The van der Waals surface area contributed by atoms with E-state index in [1.807, 2.05) is 6.07 Å². The number of nitrogens with one attached hydrogen (secondary N) is 1. The average Bonchev–Trinajstić information content (AvgIpc) is 3.16. The van der Waals surface area contributed by atoms with Crippen LogP contribution in [-0.4, -0.2) is 48.4 Å². The molecule has 0 saturated carbocycles. The molecule has 34 heavy (non-hydrogen) atoms. The first-order valence-electron chi connectivity index (χ1n) is 12.0. The molecule has 2 aliphatic heterocycles. The molecule has 9 nitrogen and oxygen atoms in total. The Balaban J connectivity index is 1.37. The number of benzene rings is 1. The highest BCUT2D eigenvalue weighted by Gasteiger charge is 2.39. The lowest BCUT2D eigenvalue weighted by Crippen LogP contribution is -2.52. The number of carbonyl (C=O) groups excluding carboxylic acids is 3. The quantitative estimate of drug-likeness (QED) is 0.126. The minimum atomic E-state index is -0.625. The van der Waals surface area contributed by atoms with Crippen LogP contribution in [0.3, 0.4) is 0 Å². The van der Waals surface area contributed by atoms with Crippen molar-refractivity contribution in [3.05, 3.63) is 45.3 Å². The third-order valence-electron chi connectivity index (χ3n) is 6.09. The zero-order valence-corrected chi connectivity index (χ0v) is 19.4. The number of piperidine rings is 1. The lowest BCUT2D eigenvalue weighted by molar-refractivity contribution is -0.136. The van der Waals surface area contributed by atoms with Gasteiger partial charge in [0.15, 0.2) is 0 Å². The number of rotatable bonds is 12. The highest BCUT2D eigenvalue weighted by atomic mass is 16.5. The largest absolute Gasteiger partial charge is 0.369 e. The Labute approximate surface area is 199 Å². The molecule has 2 heterocycles. The molecule has 0 aliphatic carbocycles. The molecular formula is C25H31N5O4. The molecule has 1 unspecified atom stereocenters. The summed E-state index contributed by atoms with van der Waals surface area (Å²) >= 11 is 0. The van der Waals surface area contributed by atoms with Gasteiger partial charge in [-0.1, -0.05) is 55.1 Å². The van der Waals surface area contributed by atoms with Crippen LogP contribution in [0, 0.1) is 11.8 Å². The number of hydrogen-bond donors (Lipinski definition) is 1. The van der Waals surface area contributed by atoms with Gasteiger partial charge in [-0.25, -0.2) is 0 Å². The van der Waals surface area contributed by atoms with Crippen molar-refractivity contribution in [3.8, 4) is 11.8 Å². The topological polar surface area (TPSA) is 124 Å². The smallest absolute Gasteiger partial charge is 0.255 e. The summed E-state index contributed by atoms with van der Waals surface area (Å²) in [6.07, 6.45) is 8.28. The van der Waals surface area contributed by atoms with Crippen molar-refractivity contribution in [1.82, 2.24) is 10.2 Å². The van der Waals surface area contributed by atoms with Gasteiger partial charge in [-0.05, 0) is 42.5 Å². The number of fused-ring (bicyclic) bond motifs is 1. The Bertz CT molecular complexity index is 1010. The third kappa shape index (κ3) is 7.08. The molecule has 180 valence electrons. The van der Waals surface area contributed by atoms with Crippen molar-refractivity contribution < 1.29 is 19.1 Å². The maximum absolute atomic E-state index is 12.8. The van der Waals surface area contributed by atoms with Gasteiger partial charge in [-0.3, -0.25) is 19.7 Å². The number of imide groups is 1. The maximum Gasteiger partial charge on any atom is 0.255 e. The van der Waals surface area contributed by atoms with Crippen molar-refractivity contribution in [3.63, 3.8) is 0 Å². The second-order valence-electron chi connectivity index (χ2n) is 8.52. The van der Waals surface area contributed by atoms with Gasteiger partial charge in [0.25, 0.3) is 5.91 Å². The molecule has 2 aliphatic rings. The predicted octanol–water partition coefficient (Wildman–Crippen LogP) is 3.86. The van der Waals surface area contributed by atoms with E-state index in [0.29, 0.717) is 38.3 Å². The zero-order chi connectivity index (χ0) is 24.2. The number of azide groups is 1. The van der Waals surface area contributed by atoms with Crippen LogP contribution in [0.4, 0.5) is 0 Å². The Hall–Kier alpha value is -3.34. The van der Waals surface area contributed by atoms with E-state index in [-0.39, 0.29) is 18.2 Å². The lowest BCUT2D eigenvalue weighted by atomic mass is 10.0. The summed E-state index contributed by atoms with van der Waals surface area (Å²) in [6, 6.07) is 4.80. The fourth-order valence-corrected chi connectivity index (χ4v) is 4.27. The van der Waals surface area contributed by atoms with Crippen LogP contribution in [0.1, 0.15) is 79.3 Å². The van der Waals surface area contributed by atoms with E-state index in [1.54, 1.807) is 12.1 Å². The summed E-state index contributed by atoms with van der Waals surface area (Å²) in [5.41, 5.74) is 10.4. The molecule has 3 rings (SSSR count). The van der Waals surface area contributed by atoms with Crippen LogP contribution in [0.5, 0.6) is 0 Å². The van der Waals surface area contributed by atoms with E-state index in [2.05, 4.69) is 27.2 Å². The minimum Gasteiger partial charge on any atom is -0.369 e. The van der Waals surface area contributed by atoms with E-state index in [9.17, 15) is 14.4 Å². The molecule has 1 saturated heterocycles. The molecule has 0 aromatic heterocycles. The highest BCUT2D eigenvalue weighted by Crippen LogP contribution is 2.29. The second-order valence-corrected chi connectivity index (χ2v) is 8.52. The van der Waals surface area contributed by atoms with Gasteiger partial charge in [-0.2, -0.15) is 0 Å². The number of carbonyl (C=O) groups is 3. The van der Waals surface area contributed by atoms with E-state index >= 15 is 0 Å². The van der Waals surface area contributed by atoms with E-state index < -0.39 is 11.9 Å². The Morgan fingerprint density at radius 2 is 1.88 bits per heavy atom. The van der Waals surface area contributed by atoms with Gasteiger partial charge < -0.3 is 9.64 Å². The van der Waals surface area contributed by atoms with Crippen LogP contribution in [0.15, 0.2) is 23.3 Å². The minimum absolute atomic E-state index is 0.194. The molecule has 3 amide bonds. The standard InChI is InChI=1S/C25H31N5O4/c26-29-27-15-6-4-2-1-3-5-7-16-34-17-9-11-19-10-8-12-20-21(19)18-30(25(20)33)22-13-14-23(31)28-24(22)32/h8,10,12,22H,1-7,13-18H2,(H,28,31,32). The molecule has 1 aromatic rings. The third-order valence-corrected chi connectivity index (χ3v) is 6.09. The van der Waals surface area contributed by atoms with Crippen LogP contribution in [-0.2, 0) is 20.9 Å². The van der Waals surface area contributed by atoms with E-state index in [0.717, 1.165) is 43.2 Å². The van der Waals surface area contributed by atoms with Crippen molar-refractivity contribution in [1.29, 1.82) is 0 Å². The predicted molar refractivity (Wildman–Crippen MR) is 127 cm³/mol. The Morgan fingerprint density at radius 3 is 2.65 bits per heavy atom. The molecule has 0 bridgehead atoms. The molecule has 1 aromatic carbocycles. The van der Waals surface area contributed by atoms with Gasteiger partial charge in [0, 0.05) is 42.2 Å². The van der Waals surface area contributed by atoms with Gasteiger partial charge in [0.1, 0.15) is 12.6 Å². The fourth-order valence-electron chi connectivity index (χ4n) is 4.27. The molecule has 0 radical (unpaired) electrons. The molecular weight excluding hydrogens is 434 g/mol. The number of ether oxygens (including phenoxy) is 1. The molecule has 1 fully saturated rings. The molecule has 9 heteroatoms. The van der Waals surface area contributed by atoms with Gasteiger partial charge in [0.05, 0.1) is 0 Å². The van der Waals surface area contributed by atoms with Crippen molar-refractivity contribution in [2.45, 2.75) is 70.4 Å². The van der Waals surface area contributed by atoms with Crippen LogP contribution >= 0.6 is 0 Å². The first-order valence-corrected chi connectivity index (χ1v) is 12.0. The van der Waals surface area contributed by atoms with E-state index in [1.165, 1.54) is 17.7 Å². The maximum atomic E-state index is 12.8. The summed E-state index contributed by atoms with van der Waals surface area (Å²) < 4.78 is 5.63. The van der Waals surface area contributed by atoms with Crippen molar-refractivity contribution in [2.24, 2.45) is 5.11 Å². The monoisotopic (exact) mass is 465 g/mol. The van der Waals surface area contributed by atoms with Crippen molar-refractivity contribution >= 4 is 17.7 Å². The summed E-state index contributed by atoms with van der Waals surface area (Å²) in [5, 5.41) is 5.85. The Morgan fingerprint density at radius 1 is 1.12 bits per heavy atom. The van der Waals surface area contributed by atoms with Gasteiger partial charge in [0.2, 0.25) is 11.8 Å². The number of nitrogens with zero attached hydrogens (tertiary/aromatic N) is 4. The van der Waals surface area contributed by atoms with Crippen LogP contribution in [0.25, 0.3) is 10.4 Å². The summed E-state index contributed by atoms with van der Waals surface area (Å²) in [6.45, 7) is 1.90. The first-order chi connectivity index (χ1) is 16.6. The average molecular weight is 466 g/mol. The SMILES string of the molecule is [N-]=[N+]=NCCCCCCCCCOCC#Cc1cccc2c1CN(C1CCC(=O)NC1=O)C2=O. The second kappa shape index (κ2) is 13.4. The fraction of sp³-hybridized carbons (Fsp3) is 0.560. The number of amides is 3.